The van der Waals surface area contributed by atoms with Gasteiger partial charge in [-0.3, -0.25) is 9.36 Å². The van der Waals surface area contributed by atoms with Crippen molar-refractivity contribution in [2.24, 2.45) is 0 Å². The number of hydrogen-bond acceptors (Lipinski definition) is 6. The normalized spacial score (nSPS) is 11.1. The lowest BCUT2D eigenvalue weighted by Gasteiger charge is -2.16. The van der Waals surface area contributed by atoms with Gasteiger partial charge in [0, 0.05) is 22.8 Å². The van der Waals surface area contributed by atoms with Gasteiger partial charge < -0.3 is 14.6 Å². The summed E-state index contributed by atoms with van der Waals surface area (Å²) in [7, 11) is 0. The first kappa shape index (κ1) is 24.3. The van der Waals surface area contributed by atoms with E-state index in [0.717, 1.165) is 11.6 Å². The maximum atomic E-state index is 13.4. The van der Waals surface area contributed by atoms with Crippen LogP contribution in [0.25, 0.3) is 11.2 Å². The first-order valence-corrected chi connectivity index (χ1v) is 11.4. The quantitative estimate of drug-likeness (QED) is 0.270. The molecule has 37 heavy (non-hydrogen) atoms. The van der Waals surface area contributed by atoms with Gasteiger partial charge in [0.25, 0.3) is 0 Å². The van der Waals surface area contributed by atoms with Gasteiger partial charge in [-0.05, 0) is 42.0 Å². The molecule has 5 aromatic rings. The molecule has 0 aliphatic rings. The number of fused-ring (bicyclic) bond motifs is 1. The lowest BCUT2D eigenvalue weighted by Crippen LogP contribution is -2.20. The van der Waals surface area contributed by atoms with Crippen molar-refractivity contribution < 1.29 is 17.9 Å². The highest BCUT2D eigenvalue weighted by Gasteiger charge is 2.17. The summed E-state index contributed by atoms with van der Waals surface area (Å²) in [5.41, 5.74) is 1.39. The number of benzene rings is 2. The third-order valence-electron chi connectivity index (χ3n) is 5.39. The van der Waals surface area contributed by atoms with Crippen LogP contribution in [0.3, 0.4) is 0 Å². The molecule has 3 aromatic heterocycles. The fraction of sp³-hybridized carbons (Fsp3) is 0.120. The Bertz CT molecular complexity index is 1600. The minimum Gasteiger partial charge on any atom is -0.439 e. The number of aromatic nitrogens is 5. The second-order valence-corrected chi connectivity index (χ2v) is 8.39. The molecule has 0 saturated heterocycles. The third-order valence-corrected chi connectivity index (χ3v) is 5.64. The summed E-state index contributed by atoms with van der Waals surface area (Å²) in [6.07, 6.45) is 1.41. The topological polar surface area (TPSA) is 86.9 Å². The molecular formula is C25H18ClF3N6O2. The van der Waals surface area contributed by atoms with Crippen molar-refractivity contribution in [2.75, 3.05) is 12.0 Å². The fourth-order valence-electron chi connectivity index (χ4n) is 3.73. The molecule has 0 atom stereocenters. The lowest BCUT2D eigenvalue weighted by molar-refractivity contribution is 0.436. The number of hydrogen-bond donors (Lipinski definition) is 1. The van der Waals surface area contributed by atoms with Crippen LogP contribution in [0.1, 0.15) is 5.56 Å². The van der Waals surface area contributed by atoms with Gasteiger partial charge in [0.2, 0.25) is 17.8 Å². The van der Waals surface area contributed by atoms with Gasteiger partial charge in [-0.1, -0.05) is 23.7 Å². The fourth-order valence-corrected chi connectivity index (χ4v) is 3.85. The van der Waals surface area contributed by atoms with Gasteiger partial charge in [-0.25, -0.2) is 13.8 Å². The van der Waals surface area contributed by atoms with Gasteiger partial charge >= 0.3 is 5.56 Å². The predicted octanol–water partition coefficient (Wildman–Crippen LogP) is 5.47. The molecular weight excluding hydrogens is 509 g/mol. The van der Waals surface area contributed by atoms with Crippen molar-refractivity contribution in [1.82, 2.24) is 24.1 Å². The van der Waals surface area contributed by atoms with E-state index < -0.39 is 24.0 Å². The van der Waals surface area contributed by atoms with E-state index in [1.807, 2.05) is 12.1 Å². The average Bonchev–Trinajstić information content (AvgIpc) is 3.28. The Morgan fingerprint density at radius 1 is 1.00 bits per heavy atom. The summed E-state index contributed by atoms with van der Waals surface area (Å²) in [4.78, 5) is 24.9. The van der Waals surface area contributed by atoms with E-state index in [-0.39, 0.29) is 29.6 Å². The van der Waals surface area contributed by atoms with Crippen LogP contribution in [0.4, 0.5) is 24.8 Å². The van der Waals surface area contributed by atoms with Gasteiger partial charge in [0.05, 0.1) is 19.4 Å². The molecule has 3 heterocycles. The largest absolute Gasteiger partial charge is 0.439 e. The van der Waals surface area contributed by atoms with Crippen LogP contribution in [0, 0.1) is 11.8 Å². The van der Waals surface area contributed by atoms with Gasteiger partial charge in [-0.2, -0.15) is 14.4 Å². The van der Waals surface area contributed by atoms with Crippen LogP contribution in [-0.4, -0.2) is 30.8 Å². The van der Waals surface area contributed by atoms with Crippen LogP contribution < -0.4 is 15.6 Å². The molecule has 0 aliphatic heterocycles. The number of ether oxygens (including phenoxy) is 1. The smallest absolute Gasteiger partial charge is 0.300 e. The molecule has 1 N–H and O–H groups in total. The molecule has 0 radical (unpaired) electrons. The zero-order chi connectivity index (χ0) is 25.9. The summed E-state index contributed by atoms with van der Waals surface area (Å²) < 4.78 is 48.3. The van der Waals surface area contributed by atoms with E-state index in [0.29, 0.717) is 29.0 Å². The maximum absolute atomic E-state index is 13.4. The Morgan fingerprint density at radius 2 is 1.76 bits per heavy atom. The van der Waals surface area contributed by atoms with Crippen LogP contribution in [-0.2, 0) is 13.1 Å². The second-order valence-electron chi connectivity index (χ2n) is 7.95. The van der Waals surface area contributed by atoms with Crippen LogP contribution in [0.15, 0.2) is 71.8 Å². The average molecular weight is 527 g/mol. The maximum Gasteiger partial charge on any atom is 0.300 e. The summed E-state index contributed by atoms with van der Waals surface area (Å²) in [6.45, 7) is -0.380. The number of nitrogens with zero attached hydrogens (tertiary/aromatic N) is 5. The van der Waals surface area contributed by atoms with E-state index >= 15 is 0 Å². The minimum atomic E-state index is -0.998. The third kappa shape index (κ3) is 5.41. The molecule has 188 valence electrons. The van der Waals surface area contributed by atoms with Crippen molar-refractivity contribution in [3.63, 3.8) is 0 Å². The van der Waals surface area contributed by atoms with Crippen LogP contribution >= 0.6 is 11.6 Å². The van der Waals surface area contributed by atoms with Crippen molar-refractivity contribution in [3.8, 4) is 11.6 Å². The Kier molecular flexibility index (Phi) is 6.78. The molecule has 0 unspecified atom stereocenters. The van der Waals surface area contributed by atoms with Crippen molar-refractivity contribution >= 4 is 34.4 Å². The number of pyridine rings is 1. The highest BCUT2D eigenvalue weighted by molar-refractivity contribution is 6.30. The molecule has 8 nitrogen and oxygen atoms in total. The number of alkyl halides is 1. The van der Waals surface area contributed by atoms with E-state index in [1.54, 1.807) is 41.0 Å². The lowest BCUT2D eigenvalue weighted by atomic mass is 10.2. The SMILES string of the molecule is O=c1nc(Nc2ccc(Oc3cc(F)cc(F)n3)cc2)n(Cc2ccc(Cl)cc2)c2ncn(CCF)c12. The number of halogens is 4. The number of rotatable bonds is 8. The summed E-state index contributed by atoms with van der Waals surface area (Å²) in [6, 6.07) is 15.2. The number of nitrogens with one attached hydrogen (secondary N) is 1. The minimum absolute atomic E-state index is 0.0212. The van der Waals surface area contributed by atoms with Crippen LogP contribution in [0.5, 0.6) is 11.6 Å². The zero-order valence-corrected chi connectivity index (χ0v) is 19.8. The first-order chi connectivity index (χ1) is 17.9. The van der Waals surface area contributed by atoms with Crippen molar-refractivity contribution in [1.29, 1.82) is 0 Å². The number of imidazole rings is 1. The monoisotopic (exact) mass is 526 g/mol. The zero-order valence-electron chi connectivity index (χ0n) is 19.0. The van der Waals surface area contributed by atoms with E-state index in [2.05, 4.69) is 20.3 Å². The van der Waals surface area contributed by atoms with Crippen molar-refractivity contribution in [2.45, 2.75) is 13.1 Å². The molecule has 5 rings (SSSR count). The van der Waals surface area contributed by atoms with Gasteiger partial charge in [0.15, 0.2) is 11.2 Å². The Hall–Kier alpha value is -4.38. The molecule has 0 bridgehead atoms. The van der Waals surface area contributed by atoms with Gasteiger partial charge in [-0.15, -0.1) is 0 Å². The molecule has 0 fully saturated rings. The summed E-state index contributed by atoms with van der Waals surface area (Å²) in [5, 5.41) is 3.68. The Balaban J connectivity index is 1.48. The highest BCUT2D eigenvalue weighted by atomic mass is 35.5. The molecule has 0 aliphatic carbocycles. The second kappa shape index (κ2) is 10.3. The number of aryl methyl sites for hydroxylation is 1. The molecule has 12 heteroatoms. The summed E-state index contributed by atoms with van der Waals surface area (Å²) in [5.74, 6) is -1.54. The van der Waals surface area contributed by atoms with Crippen LogP contribution in [0.2, 0.25) is 5.02 Å². The first-order valence-electron chi connectivity index (χ1n) is 11.0. The van der Waals surface area contributed by atoms with Gasteiger partial charge in [0.1, 0.15) is 18.2 Å². The number of anilines is 2. The molecule has 0 amide bonds. The molecule has 0 spiro atoms. The molecule has 0 saturated carbocycles. The molecule has 2 aromatic carbocycles. The Morgan fingerprint density at radius 3 is 2.46 bits per heavy atom. The van der Waals surface area contributed by atoms with E-state index in [9.17, 15) is 18.0 Å². The van der Waals surface area contributed by atoms with E-state index in [1.165, 1.54) is 10.9 Å². The van der Waals surface area contributed by atoms with E-state index in [4.69, 9.17) is 16.3 Å². The standard InChI is InChI=1S/C25H18ClF3N6O2/c26-16-3-1-15(2-4-16)13-35-23-22(34(10-9-27)14-30-23)24(36)33-25(35)31-18-5-7-19(8-6-18)37-21-12-17(28)11-20(29)32-21/h1-8,11-12,14H,9-10,13H2,(H,31,33,36). The highest BCUT2D eigenvalue weighted by Crippen LogP contribution is 2.25. The Labute approximate surface area is 213 Å². The van der Waals surface area contributed by atoms with Crippen molar-refractivity contribution in [3.05, 3.63) is 99.7 Å². The summed E-state index contributed by atoms with van der Waals surface area (Å²) >= 11 is 6.01. The predicted molar refractivity (Wildman–Crippen MR) is 132 cm³/mol.